The fourth-order valence-electron chi connectivity index (χ4n) is 3.49. The third kappa shape index (κ3) is 3.48. The number of hydrogen-bond acceptors (Lipinski definition) is 4. The Kier molecular flexibility index (Phi) is 4.59. The third-order valence-corrected chi connectivity index (χ3v) is 5.17. The van der Waals surface area contributed by atoms with Crippen LogP contribution in [0.3, 0.4) is 0 Å². The molecule has 1 aliphatic carbocycles. The number of hydrogen-bond donors (Lipinski definition) is 2. The molecule has 1 aliphatic rings. The summed E-state index contributed by atoms with van der Waals surface area (Å²) in [6.07, 6.45) is 6.08. The maximum Gasteiger partial charge on any atom is 0.154 e. The zero-order chi connectivity index (χ0) is 17.2. The molecule has 0 bridgehead atoms. The smallest absolute Gasteiger partial charge is 0.154 e. The maximum absolute atomic E-state index is 9.27. The molecule has 0 aliphatic heterocycles. The Morgan fingerprint density at radius 3 is 2.76 bits per heavy atom. The Hall–Kier alpha value is -2.11. The predicted molar refractivity (Wildman–Crippen MR) is 99.9 cm³/mol. The van der Waals surface area contributed by atoms with Crippen molar-refractivity contribution in [3.05, 3.63) is 47.6 Å². The second kappa shape index (κ2) is 7.02. The van der Waals surface area contributed by atoms with Crippen molar-refractivity contribution < 1.29 is 5.11 Å². The van der Waals surface area contributed by atoms with Crippen molar-refractivity contribution in [2.75, 3.05) is 11.9 Å². The SMILES string of the molecule is OC[C@H]1CC[C@H](Nc2ccc3ncc(-c4cccc(Cl)c4)n3n2)CC1. The van der Waals surface area contributed by atoms with Gasteiger partial charge in [0.1, 0.15) is 5.82 Å². The second-order valence-corrected chi connectivity index (χ2v) is 7.12. The highest BCUT2D eigenvalue weighted by atomic mass is 35.5. The van der Waals surface area contributed by atoms with Crippen LogP contribution in [0.4, 0.5) is 5.82 Å². The number of aliphatic hydroxyl groups excluding tert-OH is 1. The van der Waals surface area contributed by atoms with E-state index in [0.29, 0.717) is 23.6 Å². The van der Waals surface area contributed by atoms with E-state index in [2.05, 4.69) is 10.3 Å². The highest BCUT2D eigenvalue weighted by molar-refractivity contribution is 6.30. The van der Waals surface area contributed by atoms with Crippen molar-refractivity contribution in [3.8, 4) is 11.3 Å². The zero-order valence-electron chi connectivity index (χ0n) is 13.9. The number of nitrogens with zero attached hydrogens (tertiary/aromatic N) is 3. The molecule has 0 radical (unpaired) electrons. The van der Waals surface area contributed by atoms with E-state index in [1.807, 2.05) is 47.1 Å². The Balaban J connectivity index is 1.58. The number of aromatic nitrogens is 3. The molecule has 0 spiro atoms. The number of imidazole rings is 1. The van der Waals surface area contributed by atoms with Gasteiger partial charge in [0.25, 0.3) is 0 Å². The minimum atomic E-state index is 0.301. The number of anilines is 1. The summed E-state index contributed by atoms with van der Waals surface area (Å²) in [5, 5.41) is 18.2. The summed E-state index contributed by atoms with van der Waals surface area (Å²) in [6, 6.07) is 12.1. The van der Waals surface area contributed by atoms with Gasteiger partial charge in [0.05, 0.1) is 11.9 Å². The van der Waals surface area contributed by atoms with Crippen LogP contribution < -0.4 is 5.32 Å². The molecule has 3 aromatic rings. The number of halogens is 1. The first-order valence-corrected chi connectivity index (χ1v) is 9.09. The van der Waals surface area contributed by atoms with Gasteiger partial charge in [-0.15, -0.1) is 5.10 Å². The quantitative estimate of drug-likeness (QED) is 0.741. The van der Waals surface area contributed by atoms with Crippen LogP contribution in [-0.4, -0.2) is 32.4 Å². The van der Waals surface area contributed by atoms with Crippen molar-refractivity contribution in [1.82, 2.24) is 14.6 Å². The highest BCUT2D eigenvalue weighted by Crippen LogP contribution is 2.27. The lowest BCUT2D eigenvalue weighted by molar-refractivity contribution is 0.185. The lowest BCUT2D eigenvalue weighted by atomic mass is 9.86. The van der Waals surface area contributed by atoms with Crippen LogP contribution in [0.25, 0.3) is 16.9 Å². The van der Waals surface area contributed by atoms with E-state index < -0.39 is 0 Å². The maximum atomic E-state index is 9.27. The molecule has 0 atom stereocenters. The molecule has 0 amide bonds. The molecule has 4 rings (SSSR count). The number of aliphatic hydroxyl groups is 1. The van der Waals surface area contributed by atoms with Crippen molar-refractivity contribution in [1.29, 1.82) is 0 Å². The summed E-state index contributed by atoms with van der Waals surface area (Å²) in [7, 11) is 0. The summed E-state index contributed by atoms with van der Waals surface area (Å²) in [5.74, 6) is 1.30. The van der Waals surface area contributed by atoms with Crippen LogP contribution in [-0.2, 0) is 0 Å². The van der Waals surface area contributed by atoms with Gasteiger partial charge in [-0.2, -0.15) is 0 Å². The highest BCUT2D eigenvalue weighted by Gasteiger charge is 2.21. The first-order valence-electron chi connectivity index (χ1n) is 8.71. The molecule has 2 aromatic heterocycles. The van der Waals surface area contributed by atoms with Gasteiger partial charge in [-0.1, -0.05) is 23.7 Å². The third-order valence-electron chi connectivity index (χ3n) is 4.94. The largest absolute Gasteiger partial charge is 0.396 e. The van der Waals surface area contributed by atoms with Gasteiger partial charge in [0, 0.05) is 23.2 Å². The molecule has 6 heteroatoms. The summed E-state index contributed by atoms with van der Waals surface area (Å²) < 4.78 is 1.85. The molecule has 5 nitrogen and oxygen atoms in total. The Morgan fingerprint density at radius 2 is 2.00 bits per heavy atom. The van der Waals surface area contributed by atoms with E-state index >= 15 is 0 Å². The van der Waals surface area contributed by atoms with Crippen molar-refractivity contribution in [3.63, 3.8) is 0 Å². The van der Waals surface area contributed by atoms with E-state index in [0.717, 1.165) is 48.4 Å². The number of benzene rings is 1. The molecule has 1 aromatic carbocycles. The lowest BCUT2D eigenvalue weighted by Gasteiger charge is -2.28. The first kappa shape index (κ1) is 16.4. The molecule has 2 heterocycles. The summed E-state index contributed by atoms with van der Waals surface area (Å²) in [6.45, 7) is 0.301. The van der Waals surface area contributed by atoms with Gasteiger partial charge >= 0.3 is 0 Å². The van der Waals surface area contributed by atoms with E-state index in [9.17, 15) is 5.11 Å². The predicted octanol–water partition coefficient (Wildman–Crippen LogP) is 4.01. The Bertz CT molecular complexity index is 871. The van der Waals surface area contributed by atoms with Crippen molar-refractivity contribution >= 4 is 23.1 Å². The molecule has 2 N–H and O–H groups in total. The molecule has 0 saturated heterocycles. The molecule has 1 saturated carbocycles. The number of rotatable bonds is 4. The van der Waals surface area contributed by atoms with E-state index in [4.69, 9.17) is 16.7 Å². The molecule has 1 fully saturated rings. The molecule has 25 heavy (non-hydrogen) atoms. The number of fused-ring (bicyclic) bond motifs is 1. The monoisotopic (exact) mass is 356 g/mol. The van der Waals surface area contributed by atoms with Crippen LogP contribution in [0.2, 0.25) is 5.02 Å². The standard InChI is InChI=1S/C19H21ClN4O/c20-15-3-1-2-14(10-15)17-11-21-19-9-8-18(23-24(17)19)22-16-6-4-13(12-25)5-7-16/h1-3,8-11,13,16,25H,4-7,12H2,(H,22,23)/t13-,16-. The van der Waals surface area contributed by atoms with Gasteiger partial charge < -0.3 is 10.4 Å². The van der Waals surface area contributed by atoms with Crippen LogP contribution in [0.1, 0.15) is 25.7 Å². The minimum Gasteiger partial charge on any atom is -0.396 e. The summed E-state index contributed by atoms with van der Waals surface area (Å²) >= 11 is 6.12. The van der Waals surface area contributed by atoms with Crippen molar-refractivity contribution in [2.24, 2.45) is 5.92 Å². The second-order valence-electron chi connectivity index (χ2n) is 6.69. The van der Waals surface area contributed by atoms with E-state index in [1.165, 1.54) is 0 Å². The minimum absolute atomic E-state index is 0.301. The van der Waals surface area contributed by atoms with Crippen LogP contribution in [0.5, 0.6) is 0 Å². The van der Waals surface area contributed by atoms with E-state index in [1.54, 1.807) is 0 Å². The zero-order valence-corrected chi connectivity index (χ0v) is 14.7. The average Bonchev–Trinajstić information content (AvgIpc) is 3.06. The first-order chi connectivity index (χ1) is 12.2. The average molecular weight is 357 g/mol. The van der Waals surface area contributed by atoms with Gasteiger partial charge in [0.2, 0.25) is 0 Å². The Morgan fingerprint density at radius 1 is 1.16 bits per heavy atom. The lowest BCUT2D eigenvalue weighted by Crippen LogP contribution is -2.27. The van der Waals surface area contributed by atoms with Gasteiger partial charge in [-0.3, -0.25) is 0 Å². The van der Waals surface area contributed by atoms with Gasteiger partial charge in [-0.05, 0) is 55.9 Å². The number of nitrogens with one attached hydrogen (secondary N) is 1. The molecular formula is C19H21ClN4O. The van der Waals surface area contributed by atoms with Gasteiger partial charge in [-0.25, -0.2) is 9.50 Å². The topological polar surface area (TPSA) is 62.5 Å². The van der Waals surface area contributed by atoms with E-state index in [-0.39, 0.29) is 0 Å². The van der Waals surface area contributed by atoms with Gasteiger partial charge in [0.15, 0.2) is 5.65 Å². The Labute approximate surface area is 151 Å². The molecular weight excluding hydrogens is 336 g/mol. The van der Waals surface area contributed by atoms with Crippen LogP contribution >= 0.6 is 11.6 Å². The summed E-state index contributed by atoms with van der Waals surface area (Å²) in [5.41, 5.74) is 2.72. The van der Waals surface area contributed by atoms with Crippen molar-refractivity contribution in [2.45, 2.75) is 31.7 Å². The molecule has 0 unspecified atom stereocenters. The normalized spacial score (nSPS) is 20.7. The molecule has 130 valence electrons. The van der Waals surface area contributed by atoms with Crippen LogP contribution in [0.15, 0.2) is 42.6 Å². The summed E-state index contributed by atoms with van der Waals surface area (Å²) in [4.78, 5) is 4.44. The fourth-order valence-corrected chi connectivity index (χ4v) is 3.68. The fraction of sp³-hybridized carbons (Fsp3) is 0.368. The van der Waals surface area contributed by atoms with Crippen LogP contribution in [0, 0.1) is 5.92 Å².